The summed E-state index contributed by atoms with van der Waals surface area (Å²) in [5.74, 6) is 0.129. The van der Waals surface area contributed by atoms with Gasteiger partial charge in [-0.1, -0.05) is 46.3 Å². The SMILES string of the molecule is O=C(Cn1ccc2cc(Br)ccc21)N1CCOC(c2ccccc2)C1. The minimum Gasteiger partial charge on any atom is -0.370 e. The number of morpholine rings is 1. The van der Waals surface area contributed by atoms with Crippen molar-refractivity contribution in [3.05, 3.63) is 70.8 Å². The van der Waals surface area contributed by atoms with Crippen molar-refractivity contribution < 1.29 is 9.53 Å². The lowest BCUT2D eigenvalue weighted by Gasteiger charge is -2.33. The van der Waals surface area contributed by atoms with Crippen LogP contribution < -0.4 is 0 Å². The third kappa shape index (κ3) is 3.48. The molecular formula is C20H19BrN2O2. The first-order valence-electron chi connectivity index (χ1n) is 8.39. The van der Waals surface area contributed by atoms with E-state index < -0.39 is 0 Å². The van der Waals surface area contributed by atoms with Gasteiger partial charge in [-0.3, -0.25) is 4.79 Å². The number of hydrogen-bond donors (Lipinski definition) is 0. The summed E-state index contributed by atoms with van der Waals surface area (Å²) in [6.45, 7) is 2.18. The maximum absolute atomic E-state index is 12.8. The maximum Gasteiger partial charge on any atom is 0.242 e. The molecule has 1 atom stereocenters. The van der Waals surface area contributed by atoms with E-state index in [1.54, 1.807) is 0 Å². The summed E-state index contributed by atoms with van der Waals surface area (Å²) in [5.41, 5.74) is 2.20. The molecule has 0 aliphatic carbocycles. The molecule has 0 spiro atoms. The summed E-state index contributed by atoms with van der Waals surface area (Å²) in [4.78, 5) is 14.7. The molecule has 1 saturated heterocycles. The number of carbonyl (C=O) groups excluding carboxylic acids is 1. The van der Waals surface area contributed by atoms with Crippen LogP contribution in [0.4, 0.5) is 0 Å². The molecule has 1 aliphatic heterocycles. The lowest BCUT2D eigenvalue weighted by atomic mass is 10.1. The lowest BCUT2D eigenvalue weighted by molar-refractivity contribution is -0.139. The largest absolute Gasteiger partial charge is 0.370 e. The number of rotatable bonds is 3. The van der Waals surface area contributed by atoms with Gasteiger partial charge in [0, 0.05) is 28.1 Å². The predicted octanol–water partition coefficient (Wildman–Crippen LogP) is 4.00. The second-order valence-corrected chi connectivity index (χ2v) is 7.17. The van der Waals surface area contributed by atoms with Crippen LogP contribution >= 0.6 is 15.9 Å². The third-order valence-electron chi connectivity index (χ3n) is 4.63. The van der Waals surface area contributed by atoms with Gasteiger partial charge in [0.15, 0.2) is 0 Å². The Morgan fingerprint density at radius 1 is 1.16 bits per heavy atom. The highest BCUT2D eigenvalue weighted by Gasteiger charge is 2.25. The molecule has 0 saturated carbocycles. The van der Waals surface area contributed by atoms with E-state index in [1.807, 2.05) is 52.1 Å². The number of nitrogens with zero attached hydrogens (tertiary/aromatic N) is 2. The molecule has 2 heterocycles. The molecule has 0 radical (unpaired) electrons. The van der Waals surface area contributed by atoms with E-state index >= 15 is 0 Å². The highest BCUT2D eigenvalue weighted by atomic mass is 79.9. The number of hydrogen-bond acceptors (Lipinski definition) is 2. The predicted molar refractivity (Wildman–Crippen MR) is 101 cm³/mol. The van der Waals surface area contributed by atoms with Crippen molar-refractivity contribution in [3.63, 3.8) is 0 Å². The van der Waals surface area contributed by atoms with Crippen LogP contribution in [0.1, 0.15) is 11.7 Å². The summed E-state index contributed by atoms with van der Waals surface area (Å²) in [6, 6.07) is 18.3. The monoisotopic (exact) mass is 398 g/mol. The number of carbonyl (C=O) groups is 1. The molecule has 1 aliphatic rings. The van der Waals surface area contributed by atoms with Gasteiger partial charge in [-0.25, -0.2) is 0 Å². The molecule has 5 heteroatoms. The summed E-state index contributed by atoms with van der Waals surface area (Å²) in [7, 11) is 0. The maximum atomic E-state index is 12.8. The molecule has 0 N–H and O–H groups in total. The highest BCUT2D eigenvalue weighted by Crippen LogP contribution is 2.23. The Hall–Kier alpha value is -2.11. The van der Waals surface area contributed by atoms with Crippen LogP contribution in [0, 0.1) is 0 Å². The molecular weight excluding hydrogens is 380 g/mol. The Kier molecular flexibility index (Phi) is 4.59. The number of aromatic nitrogens is 1. The van der Waals surface area contributed by atoms with Gasteiger partial charge in [-0.15, -0.1) is 0 Å². The third-order valence-corrected chi connectivity index (χ3v) is 5.12. The van der Waals surface area contributed by atoms with Crippen LogP contribution in [0.3, 0.4) is 0 Å². The van der Waals surface area contributed by atoms with Crippen molar-refractivity contribution in [2.24, 2.45) is 0 Å². The van der Waals surface area contributed by atoms with Gasteiger partial charge in [-0.05, 0) is 29.8 Å². The molecule has 1 aromatic heterocycles. The van der Waals surface area contributed by atoms with Crippen LogP contribution in [0.5, 0.6) is 0 Å². The second kappa shape index (κ2) is 7.02. The van der Waals surface area contributed by atoms with E-state index in [1.165, 1.54) is 0 Å². The van der Waals surface area contributed by atoms with Gasteiger partial charge in [0.1, 0.15) is 12.6 Å². The summed E-state index contributed by atoms with van der Waals surface area (Å²) in [5, 5.41) is 1.13. The molecule has 2 aromatic carbocycles. The van der Waals surface area contributed by atoms with Crippen LogP contribution in [0.25, 0.3) is 10.9 Å². The minimum absolute atomic E-state index is 0.0451. The Balaban J connectivity index is 1.48. The number of halogens is 1. The molecule has 1 fully saturated rings. The first-order valence-corrected chi connectivity index (χ1v) is 9.19. The summed E-state index contributed by atoms with van der Waals surface area (Å²) >= 11 is 3.49. The highest BCUT2D eigenvalue weighted by molar-refractivity contribution is 9.10. The second-order valence-electron chi connectivity index (χ2n) is 6.26. The van der Waals surface area contributed by atoms with Crippen LogP contribution in [-0.2, 0) is 16.1 Å². The van der Waals surface area contributed by atoms with Crippen molar-refractivity contribution in [2.45, 2.75) is 12.6 Å². The average Bonchev–Trinajstić information content (AvgIpc) is 3.04. The molecule has 4 rings (SSSR count). The van der Waals surface area contributed by atoms with Gasteiger partial charge in [0.2, 0.25) is 5.91 Å². The van der Waals surface area contributed by atoms with Gasteiger partial charge in [0.25, 0.3) is 0 Å². The molecule has 4 nitrogen and oxygen atoms in total. The zero-order chi connectivity index (χ0) is 17.2. The number of amides is 1. The van der Waals surface area contributed by atoms with E-state index in [0.29, 0.717) is 26.2 Å². The topological polar surface area (TPSA) is 34.5 Å². The van der Waals surface area contributed by atoms with E-state index in [-0.39, 0.29) is 12.0 Å². The first kappa shape index (κ1) is 16.4. The fourth-order valence-corrected chi connectivity index (χ4v) is 3.68. The molecule has 0 bridgehead atoms. The average molecular weight is 399 g/mol. The summed E-state index contributed by atoms with van der Waals surface area (Å²) in [6.07, 6.45) is 1.93. The zero-order valence-electron chi connectivity index (χ0n) is 13.8. The fraction of sp³-hybridized carbons (Fsp3) is 0.250. The van der Waals surface area contributed by atoms with E-state index in [9.17, 15) is 4.79 Å². The van der Waals surface area contributed by atoms with Crippen LogP contribution in [0.2, 0.25) is 0 Å². The molecule has 3 aromatic rings. The lowest BCUT2D eigenvalue weighted by Crippen LogP contribution is -2.43. The van der Waals surface area contributed by atoms with E-state index in [0.717, 1.165) is 20.9 Å². The molecule has 25 heavy (non-hydrogen) atoms. The zero-order valence-corrected chi connectivity index (χ0v) is 15.4. The minimum atomic E-state index is -0.0451. The smallest absolute Gasteiger partial charge is 0.242 e. The molecule has 1 amide bonds. The Labute approximate surface area is 155 Å². The van der Waals surface area contributed by atoms with Crippen molar-refractivity contribution in [1.82, 2.24) is 9.47 Å². The normalized spacial score (nSPS) is 17.8. The van der Waals surface area contributed by atoms with Gasteiger partial charge < -0.3 is 14.2 Å². The quantitative estimate of drug-likeness (QED) is 0.667. The number of ether oxygens (including phenoxy) is 1. The van der Waals surface area contributed by atoms with Crippen LogP contribution in [-0.4, -0.2) is 35.1 Å². The van der Waals surface area contributed by atoms with Gasteiger partial charge in [-0.2, -0.15) is 0 Å². The summed E-state index contributed by atoms with van der Waals surface area (Å²) < 4.78 is 8.91. The molecule has 1 unspecified atom stereocenters. The number of fused-ring (bicyclic) bond motifs is 1. The van der Waals surface area contributed by atoms with E-state index in [2.05, 4.69) is 34.1 Å². The Morgan fingerprint density at radius 2 is 2.00 bits per heavy atom. The fourth-order valence-electron chi connectivity index (χ4n) is 3.30. The Bertz CT molecular complexity index is 891. The van der Waals surface area contributed by atoms with Gasteiger partial charge >= 0.3 is 0 Å². The van der Waals surface area contributed by atoms with Gasteiger partial charge in [0.05, 0.1) is 13.2 Å². The van der Waals surface area contributed by atoms with Crippen molar-refractivity contribution in [1.29, 1.82) is 0 Å². The standard InChI is InChI=1S/C20H19BrN2O2/c21-17-6-7-18-16(12-17)8-9-22(18)14-20(24)23-10-11-25-19(13-23)15-4-2-1-3-5-15/h1-9,12,19H,10-11,13-14H2. The van der Waals surface area contributed by atoms with E-state index in [4.69, 9.17) is 4.74 Å². The van der Waals surface area contributed by atoms with Crippen LogP contribution in [0.15, 0.2) is 65.3 Å². The number of benzene rings is 2. The Morgan fingerprint density at radius 3 is 2.84 bits per heavy atom. The van der Waals surface area contributed by atoms with Crippen molar-refractivity contribution >= 4 is 32.7 Å². The molecule has 128 valence electrons. The first-order chi connectivity index (χ1) is 12.2. The van der Waals surface area contributed by atoms with Crippen molar-refractivity contribution in [2.75, 3.05) is 19.7 Å². The van der Waals surface area contributed by atoms with Crippen molar-refractivity contribution in [3.8, 4) is 0 Å².